The van der Waals surface area contributed by atoms with Crippen LogP contribution in [0.1, 0.15) is 11.4 Å². The highest BCUT2D eigenvalue weighted by Gasteiger charge is 2.11. The summed E-state index contributed by atoms with van der Waals surface area (Å²) in [5, 5.41) is 11.3. The first-order valence-corrected chi connectivity index (χ1v) is 8.40. The number of para-hydroxylation sites is 1. The number of nitrogens with zero attached hydrogens (tertiary/aromatic N) is 3. The van der Waals surface area contributed by atoms with Gasteiger partial charge in [0, 0.05) is 0 Å². The molecular formula is C14H17N5O2S2. The van der Waals surface area contributed by atoms with Gasteiger partial charge < -0.3 is 4.74 Å². The van der Waals surface area contributed by atoms with Crippen molar-refractivity contribution >= 4 is 35.0 Å². The molecule has 1 amide bonds. The Morgan fingerprint density at radius 3 is 2.78 bits per heavy atom. The molecule has 0 unspecified atom stereocenters. The third-order valence-corrected chi connectivity index (χ3v) is 3.72. The molecule has 9 heteroatoms. The predicted molar refractivity (Wildman–Crippen MR) is 93.3 cm³/mol. The second kappa shape index (κ2) is 7.93. The standard InChI is InChI=1S/C14H17N5O2S2/c1-9-6-4-5-7-11(9)21-8-12(20)15-13(22)18-19-10(2)16-17-14(19)23-3/h4-7H,8H2,1-3H3,(H2,15,18,20,22). The molecular weight excluding hydrogens is 334 g/mol. The molecule has 2 rings (SSSR count). The smallest absolute Gasteiger partial charge is 0.264 e. The molecule has 0 saturated heterocycles. The third-order valence-electron chi connectivity index (χ3n) is 2.90. The van der Waals surface area contributed by atoms with Gasteiger partial charge in [-0.05, 0) is 44.0 Å². The van der Waals surface area contributed by atoms with Crippen molar-refractivity contribution in [3.63, 3.8) is 0 Å². The average molecular weight is 351 g/mol. The number of ether oxygens (including phenoxy) is 1. The summed E-state index contributed by atoms with van der Waals surface area (Å²) in [6.07, 6.45) is 1.87. The lowest BCUT2D eigenvalue weighted by atomic mass is 10.2. The minimum atomic E-state index is -0.345. The van der Waals surface area contributed by atoms with Crippen molar-refractivity contribution in [2.45, 2.75) is 19.0 Å². The van der Waals surface area contributed by atoms with Gasteiger partial charge in [-0.3, -0.25) is 15.5 Å². The molecule has 1 aromatic heterocycles. The summed E-state index contributed by atoms with van der Waals surface area (Å²) in [4.78, 5) is 11.9. The van der Waals surface area contributed by atoms with Gasteiger partial charge in [0.1, 0.15) is 11.6 Å². The van der Waals surface area contributed by atoms with Gasteiger partial charge >= 0.3 is 0 Å². The van der Waals surface area contributed by atoms with Gasteiger partial charge in [-0.1, -0.05) is 30.0 Å². The van der Waals surface area contributed by atoms with E-state index in [0.717, 1.165) is 5.56 Å². The maximum absolute atomic E-state index is 11.9. The zero-order chi connectivity index (χ0) is 16.8. The van der Waals surface area contributed by atoms with E-state index >= 15 is 0 Å². The Kier molecular flexibility index (Phi) is 5.94. The van der Waals surface area contributed by atoms with Crippen LogP contribution in [0, 0.1) is 13.8 Å². The Bertz CT molecular complexity index is 717. The van der Waals surface area contributed by atoms with Crippen LogP contribution < -0.4 is 15.5 Å². The van der Waals surface area contributed by atoms with Crippen molar-refractivity contribution in [1.29, 1.82) is 0 Å². The lowest BCUT2D eigenvalue weighted by molar-refractivity contribution is -0.121. The zero-order valence-electron chi connectivity index (χ0n) is 13.0. The monoisotopic (exact) mass is 351 g/mol. The molecule has 0 aliphatic rings. The second-order valence-corrected chi connectivity index (χ2v) is 5.79. The minimum Gasteiger partial charge on any atom is -0.483 e. The maximum Gasteiger partial charge on any atom is 0.264 e. The molecule has 7 nitrogen and oxygen atoms in total. The predicted octanol–water partition coefficient (Wildman–Crippen LogP) is 1.64. The van der Waals surface area contributed by atoms with E-state index in [2.05, 4.69) is 20.9 Å². The Morgan fingerprint density at radius 1 is 1.35 bits per heavy atom. The largest absolute Gasteiger partial charge is 0.483 e. The number of benzene rings is 1. The van der Waals surface area contributed by atoms with Crippen molar-refractivity contribution in [2.75, 3.05) is 18.3 Å². The number of hydrogen-bond donors (Lipinski definition) is 2. The SMILES string of the molecule is CSc1nnc(C)n1NC(=S)NC(=O)COc1ccccc1C. The van der Waals surface area contributed by atoms with Crippen LogP contribution in [0.3, 0.4) is 0 Å². The summed E-state index contributed by atoms with van der Waals surface area (Å²) >= 11 is 6.53. The summed E-state index contributed by atoms with van der Waals surface area (Å²) in [7, 11) is 0. The highest BCUT2D eigenvalue weighted by molar-refractivity contribution is 7.98. The van der Waals surface area contributed by atoms with Crippen molar-refractivity contribution in [2.24, 2.45) is 0 Å². The van der Waals surface area contributed by atoms with Gasteiger partial charge in [0.05, 0.1) is 0 Å². The number of carbonyl (C=O) groups excluding carboxylic acids is 1. The fraction of sp³-hybridized carbons (Fsp3) is 0.286. The first-order valence-electron chi connectivity index (χ1n) is 6.76. The van der Waals surface area contributed by atoms with Crippen molar-refractivity contribution < 1.29 is 9.53 Å². The highest BCUT2D eigenvalue weighted by atomic mass is 32.2. The van der Waals surface area contributed by atoms with E-state index < -0.39 is 0 Å². The fourth-order valence-electron chi connectivity index (χ4n) is 1.76. The zero-order valence-corrected chi connectivity index (χ0v) is 14.6. The van der Waals surface area contributed by atoms with Crippen LogP contribution in [0.5, 0.6) is 5.75 Å². The van der Waals surface area contributed by atoms with Crippen LogP contribution in [-0.2, 0) is 4.79 Å². The molecule has 23 heavy (non-hydrogen) atoms. The highest BCUT2D eigenvalue weighted by Crippen LogP contribution is 2.15. The van der Waals surface area contributed by atoms with Gasteiger partial charge in [-0.15, -0.1) is 10.2 Å². The van der Waals surface area contributed by atoms with Crippen molar-refractivity contribution in [3.8, 4) is 5.75 Å². The van der Waals surface area contributed by atoms with Crippen LogP contribution in [0.4, 0.5) is 0 Å². The Hall–Kier alpha value is -2.13. The normalized spacial score (nSPS) is 10.2. The fourth-order valence-corrected chi connectivity index (χ4v) is 2.45. The Morgan fingerprint density at radius 2 is 2.09 bits per heavy atom. The number of thioether (sulfide) groups is 1. The van der Waals surface area contributed by atoms with Crippen LogP contribution in [0.2, 0.25) is 0 Å². The van der Waals surface area contributed by atoms with Crippen LogP contribution in [0.25, 0.3) is 0 Å². The summed E-state index contributed by atoms with van der Waals surface area (Å²) in [6, 6.07) is 7.49. The number of amides is 1. The summed E-state index contributed by atoms with van der Waals surface area (Å²) in [5.74, 6) is 0.963. The Labute approximate surface area is 143 Å². The van der Waals surface area contributed by atoms with E-state index in [-0.39, 0.29) is 17.6 Å². The molecule has 0 spiro atoms. The van der Waals surface area contributed by atoms with E-state index in [1.165, 1.54) is 11.8 Å². The van der Waals surface area contributed by atoms with Crippen LogP contribution in [0.15, 0.2) is 29.4 Å². The topological polar surface area (TPSA) is 81.1 Å². The van der Waals surface area contributed by atoms with Crippen LogP contribution >= 0.6 is 24.0 Å². The quantitative estimate of drug-likeness (QED) is 0.626. The first-order chi connectivity index (χ1) is 11.0. The molecule has 1 aromatic carbocycles. The number of carbonyl (C=O) groups is 1. The van der Waals surface area contributed by atoms with E-state index in [9.17, 15) is 4.79 Å². The Balaban J connectivity index is 1.86. The summed E-state index contributed by atoms with van der Waals surface area (Å²) < 4.78 is 7.07. The average Bonchev–Trinajstić information content (AvgIpc) is 2.86. The lowest BCUT2D eigenvalue weighted by Gasteiger charge is -2.13. The molecule has 0 fully saturated rings. The molecule has 2 aromatic rings. The van der Waals surface area contributed by atoms with Crippen molar-refractivity contribution in [1.82, 2.24) is 20.2 Å². The number of aromatic nitrogens is 3. The van der Waals surface area contributed by atoms with E-state index in [1.54, 1.807) is 11.6 Å². The molecule has 0 atom stereocenters. The van der Waals surface area contributed by atoms with Gasteiger partial charge in [0.2, 0.25) is 5.16 Å². The first kappa shape index (κ1) is 17.2. The molecule has 0 aliphatic carbocycles. The van der Waals surface area contributed by atoms with Gasteiger partial charge in [0.25, 0.3) is 5.91 Å². The lowest BCUT2D eigenvalue weighted by Crippen LogP contribution is -2.40. The van der Waals surface area contributed by atoms with Crippen LogP contribution in [-0.4, -0.2) is 38.8 Å². The second-order valence-electron chi connectivity index (χ2n) is 4.61. The molecule has 0 bridgehead atoms. The van der Waals surface area contributed by atoms with E-state index in [4.69, 9.17) is 17.0 Å². The summed E-state index contributed by atoms with van der Waals surface area (Å²) in [5.41, 5.74) is 3.83. The number of thiocarbonyl (C=S) groups is 1. The van der Waals surface area contributed by atoms with Gasteiger partial charge in [0.15, 0.2) is 11.7 Å². The molecule has 2 N–H and O–H groups in total. The molecule has 0 radical (unpaired) electrons. The number of nitrogens with one attached hydrogen (secondary N) is 2. The van der Waals surface area contributed by atoms with E-state index in [1.807, 2.05) is 37.4 Å². The maximum atomic E-state index is 11.9. The third kappa shape index (κ3) is 4.67. The van der Waals surface area contributed by atoms with Crippen molar-refractivity contribution in [3.05, 3.63) is 35.7 Å². The molecule has 1 heterocycles. The molecule has 0 saturated carbocycles. The number of aryl methyl sites for hydroxylation is 2. The number of hydrogen-bond acceptors (Lipinski definition) is 6. The molecule has 0 aliphatic heterocycles. The number of rotatable bonds is 5. The molecule has 122 valence electrons. The van der Waals surface area contributed by atoms with Gasteiger partial charge in [-0.2, -0.15) is 0 Å². The van der Waals surface area contributed by atoms with Gasteiger partial charge in [-0.25, -0.2) is 4.68 Å². The van der Waals surface area contributed by atoms with E-state index in [0.29, 0.717) is 16.7 Å². The minimum absolute atomic E-state index is 0.122. The summed E-state index contributed by atoms with van der Waals surface area (Å²) in [6.45, 7) is 3.58.